The van der Waals surface area contributed by atoms with Crippen LogP contribution in [0.15, 0.2) is 12.4 Å². The summed E-state index contributed by atoms with van der Waals surface area (Å²) in [5.41, 5.74) is 0.332. The molecule has 0 aliphatic heterocycles. The van der Waals surface area contributed by atoms with Crippen LogP contribution in [0.3, 0.4) is 0 Å². The summed E-state index contributed by atoms with van der Waals surface area (Å²) < 4.78 is 0. The van der Waals surface area contributed by atoms with Crippen molar-refractivity contribution in [3.05, 3.63) is 23.2 Å². The molecule has 0 saturated heterocycles. The zero-order valence-corrected chi connectivity index (χ0v) is 11.8. The molecule has 19 heavy (non-hydrogen) atoms. The molecule has 2 saturated carbocycles. The average Bonchev–Trinajstić information content (AvgIpc) is 3.00. The van der Waals surface area contributed by atoms with E-state index in [-0.39, 0.29) is 11.1 Å². The molecule has 3 unspecified atom stereocenters. The van der Waals surface area contributed by atoms with E-state index in [1.165, 1.54) is 38.1 Å². The molecule has 1 amide bonds. The molecule has 1 aromatic rings. The first kappa shape index (κ1) is 12.9. The van der Waals surface area contributed by atoms with E-state index in [0.717, 1.165) is 18.4 Å². The van der Waals surface area contributed by atoms with Crippen LogP contribution >= 0.6 is 11.6 Å². The molecule has 0 spiro atoms. The van der Waals surface area contributed by atoms with Gasteiger partial charge in [-0.25, -0.2) is 4.98 Å². The fourth-order valence-electron chi connectivity index (χ4n) is 3.68. The van der Waals surface area contributed by atoms with Crippen LogP contribution in [0, 0.1) is 17.8 Å². The van der Waals surface area contributed by atoms with Crippen molar-refractivity contribution in [3.8, 4) is 0 Å². The van der Waals surface area contributed by atoms with Crippen molar-refractivity contribution in [2.75, 3.05) is 13.6 Å². The fourth-order valence-corrected chi connectivity index (χ4v) is 3.82. The summed E-state index contributed by atoms with van der Waals surface area (Å²) in [6.45, 7) is 0.828. The molecule has 102 valence electrons. The van der Waals surface area contributed by atoms with Gasteiger partial charge >= 0.3 is 0 Å². The normalized spacial score (nSPS) is 28.6. The zero-order valence-electron chi connectivity index (χ0n) is 11.1. The third-order valence-corrected chi connectivity index (χ3v) is 4.75. The number of halogens is 1. The standard InChI is InChI=1S/C14H18ClN3O/c1-18(8-11-5-9-2-3-10(11)4-9)14(19)12-6-16-7-13(15)17-12/h6-7,9-11H,2-5,8H2,1H3. The van der Waals surface area contributed by atoms with Gasteiger partial charge in [-0.15, -0.1) is 0 Å². The lowest BCUT2D eigenvalue weighted by Crippen LogP contribution is -2.34. The van der Waals surface area contributed by atoms with Crippen molar-refractivity contribution in [3.63, 3.8) is 0 Å². The summed E-state index contributed by atoms with van der Waals surface area (Å²) in [4.78, 5) is 22.0. The molecule has 1 aromatic heterocycles. The molecular formula is C14H18ClN3O. The van der Waals surface area contributed by atoms with E-state index in [1.807, 2.05) is 7.05 Å². The van der Waals surface area contributed by atoms with Crippen LogP contribution in [-0.4, -0.2) is 34.4 Å². The summed E-state index contributed by atoms with van der Waals surface area (Å²) in [6, 6.07) is 0. The molecule has 4 nitrogen and oxygen atoms in total. The summed E-state index contributed by atoms with van der Waals surface area (Å²) in [6.07, 6.45) is 8.29. The van der Waals surface area contributed by atoms with Crippen molar-refractivity contribution >= 4 is 17.5 Å². The van der Waals surface area contributed by atoms with Crippen LogP contribution in [0.5, 0.6) is 0 Å². The molecule has 0 aromatic carbocycles. The molecule has 1 heterocycles. The minimum atomic E-state index is -0.0854. The first-order chi connectivity index (χ1) is 9.13. The van der Waals surface area contributed by atoms with Crippen molar-refractivity contribution in [2.24, 2.45) is 17.8 Å². The summed E-state index contributed by atoms with van der Waals surface area (Å²) in [5.74, 6) is 2.31. The van der Waals surface area contributed by atoms with Crippen LogP contribution in [0.25, 0.3) is 0 Å². The minimum Gasteiger partial charge on any atom is -0.340 e. The van der Waals surface area contributed by atoms with Crippen LogP contribution in [0.1, 0.15) is 36.2 Å². The van der Waals surface area contributed by atoms with Gasteiger partial charge in [-0.3, -0.25) is 9.78 Å². The zero-order chi connectivity index (χ0) is 13.4. The second-order valence-corrected chi connectivity index (χ2v) is 6.23. The molecule has 3 rings (SSSR count). The second-order valence-electron chi connectivity index (χ2n) is 5.85. The topological polar surface area (TPSA) is 46.1 Å². The van der Waals surface area contributed by atoms with Gasteiger partial charge in [0.1, 0.15) is 10.8 Å². The number of amides is 1. The highest BCUT2D eigenvalue weighted by atomic mass is 35.5. The second kappa shape index (κ2) is 5.08. The lowest BCUT2D eigenvalue weighted by molar-refractivity contribution is 0.0748. The number of carbonyl (C=O) groups excluding carboxylic acids is 1. The highest BCUT2D eigenvalue weighted by molar-refractivity contribution is 6.29. The van der Waals surface area contributed by atoms with Gasteiger partial charge in [0.2, 0.25) is 0 Å². The predicted molar refractivity (Wildman–Crippen MR) is 72.9 cm³/mol. The van der Waals surface area contributed by atoms with Crippen molar-refractivity contribution in [1.82, 2.24) is 14.9 Å². The average molecular weight is 280 g/mol. The number of rotatable bonds is 3. The number of aromatic nitrogens is 2. The molecule has 0 N–H and O–H groups in total. The van der Waals surface area contributed by atoms with Gasteiger partial charge in [0.25, 0.3) is 5.91 Å². The third kappa shape index (κ3) is 2.59. The van der Waals surface area contributed by atoms with E-state index in [0.29, 0.717) is 11.6 Å². The number of fused-ring (bicyclic) bond motifs is 2. The van der Waals surface area contributed by atoms with E-state index in [1.54, 1.807) is 4.90 Å². The first-order valence-corrected chi connectivity index (χ1v) is 7.24. The number of nitrogens with zero attached hydrogens (tertiary/aromatic N) is 3. The summed E-state index contributed by atoms with van der Waals surface area (Å²) in [7, 11) is 1.84. The van der Waals surface area contributed by atoms with Gasteiger partial charge in [-0.1, -0.05) is 18.0 Å². The van der Waals surface area contributed by atoms with Crippen LogP contribution < -0.4 is 0 Å². The van der Waals surface area contributed by atoms with Gasteiger partial charge < -0.3 is 4.90 Å². The number of hydrogen-bond donors (Lipinski definition) is 0. The van der Waals surface area contributed by atoms with Crippen molar-refractivity contribution < 1.29 is 4.79 Å². The van der Waals surface area contributed by atoms with E-state index in [9.17, 15) is 4.79 Å². The molecule has 3 atom stereocenters. The Labute approximate surface area is 118 Å². The Morgan fingerprint density at radius 3 is 2.89 bits per heavy atom. The molecule has 5 heteroatoms. The van der Waals surface area contributed by atoms with Crippen LogP contribution in [0.4, 0.5) is 0 Å². The predicted octanol–water partition coefficient (Wildman–Crippen LogP) is 2.64. The van der Waals surface area contributed by atoms with E-state index in [4.69, 9.17) is 11.6 Å². The molecule has 2 aliphatic rings. The monoisotopic (exact) mass is 279 g/mol. The Balaban J connectivity index is 1.64. The Bertz CT molecular complexity index is 493. The maximum atomic E-state index is 12.3. The Hall–Kier alpha value is -1.16. The van der Waals surface area contributed by atoms with E-state index < -0.39 is 0 Å². The van der Waals surface area contributed by atoms with E-state index >= 15 is 0 Å². The van der Waals surface area contributed by atoms with Crippen molar-refractivity contribution in [2.45, 2.75) is 25.7 Å². The summed E-state index contributed by atoms with van der Waals surface area (Å²) >= 11 is 5.77. The quantitative estimate of drug-likeness (QED) is 0.854. The minimum absolute atomic E-state index is 0.0854. The molecule has 2 aliphatic carbocycles. The molecule has 2 bridgehead atoms. The lowest BCUT2D eigenvalue weighted by atomic mass is 9.88. The Morgan fingerprint density at radius 2 is 2.26 bits per heavy atom. The molecule has 0 radical (unpaired) electrons. The number of carbonyl (C=O) groups is 1. The Morgan fingerprint density at radius 1 is 1.42 bits per heavy atom. The fraction of sp³-hybridized carbons (Fsp3) is 0.643. The van der Waals surface area contributed by atoms with Gasteiger partial charge in [0, 0.05) is 13.6 Å². The Kier molecular flexibility index (Phi) is 3.44. The first-order valence-electron chi connectivity index (χ1n) is 6.86. The molecule has 2 fully saturated rings. The maximum absolute atomic E-state index is 12.3. The third-order valence-electron chi connectivity index (χ3n) is 4.56. The lowest BCUT2D eigenvalue weighted by Gasteiger charge is -2.27. The van der Waals surface area contributed by atoms with Crippen molar-refractivity contribution in [1.29, 1.82) is 0 Å². The SMILES string of the molecule is CN(CC1CC2CCC1C2)C(=O)c1cncc(Cl)n1. The maximum Gasteiger partial charge on any atom is 0.273 e. The van der Waals surface area contributed by atoms with Gasteiger partial charge in [0.05, 0.1) is 12.4 Å². The highest BCUT2D eigenvalue weighted by Crippen LogP contribution is 2.48. The van der Waals surface area contributed by atoms with E-state index in [2.05, 4.69) is 9.97 Å². The van der Waals surface area contributed by atoms with Crippen LogP contribution in [-0.2, 0) is 0 Å². The molecular weight excluding hydrogens is 262 g/mol. The van der Waals surface area contributed by atoms with Crippen LogP contribution in [0.2, 0.25) is 5.15 Å². The van der Waals surface area contributed by atoms with Gasteiger partial charge in [-0.2, -0.15) is 0 Å². The largest absolute Gasteiger partial charge is 0.340 e. The number of hydrogen-bond acceptors (Lipinski definition) is 3. The highest BCUT2D eigenvalue weighted by Gasteiger charge is 2.40. The van der Waals surface area contributed by atoms with Gasteiger partial charge in [-0.05, 0) is 37.0 Å². The summed E-state index contributed by atoms with van der Waals surface area (Å²) in [5, 5.41) is 0.263. The smallest absolute Gasteiger partial charge is 0.273 e. The van der Waals surface area contributed by atoms with Gasteiger partial charge in [0.15, 0.2) is 0 Å².